The van der Waals surface area contributed by atoms with Crippen LogP contribution in [0.1, 0.15) is 33.1 Å². The molecule has 1 unspecified atom stereocenters. The molecule has 0 saturated carbocycles. The summed E-state index contributed by atoms with van der Waals surface area (Å²) in [5.74, 6) is 0. The van der Waals surface area contributed by atoms with Gasteiger partial charge >= 0.3 is 0 Å². The van der Waals surface area contributed by atoms with Gasteiger partial charge in [-0.15, -0.1) is 0 Å². The molecule has 0 radical (unpaired) electrons. The van der Waals surface area contributed by atoms with Gasteiger partial charge < -0.3 is 4.90 Å². The summed E-state index contributed by atoms with van der Waals surface area (Å²) in [4.78, 5) is 2.43. The molecule has 58 valence electrons. The summed E-state index contributed by atoms with van der Waals surface area (Å²) in [6, 6.07) is 0.780. The molecule has 1 aliphatic rings. The molecule has 0 amide bonds. The van der Waals surface area contributed by atoms with Crippen molar-refractivity contribution in [3.63, 3.8) is 0 Å². The molecule has 1 nitrogen and oxygen atoms in total. The topological polar surface area (TPSA) is 3.24 Å². The van der Waals surface area contributed by atoms with Gasteiger partial charge in [0.2, 0.25) is 0 Å². The average Bonchev–Trinajstić information content (AvgIpc) is 2.31. The molecule has 1 heterocycles. The van der Waals surface area contributed by atoms with Gasteiger partial charge in [-0.2, -0.15) is 0 Å². The summed E-state index contributed by atoms with van der Waals surface area (Å²) in [6.07, 6.45) is 8.38. The van der Waals surface area contributed by atoms with Crippen LogP contribution in [0.2, 0.25) is 0 Å². The fourth-order valence-electron chi connectivity index (χ4n) is 1.42. The number of rotatable bonds is 2. The second-order valence-electron chi connectivity index (χ2n) is 3.02. The van der Waals surface area contributed by atoms with Crippen molar-refractivity contribution in [3.8, 4) is 0 Å². The lowest BCUT2D eigenvalue weighted by Gasteiger charge is -2.17. The van der Waals surface area contributed by atoms with Gasteiger partial charge in [-0.3, -0.25) is 0 Å². The first-order valence-corrected chi connectivity index (χ1v) is 4.27. The van der Waals surface area contributed by atoms with Gasteiger partial charge in [0.15, 0.2) is 0 Å². The van der Waals surface area contributed by atoms with Crippen LogP contribution in [0.4, 0.5) is 0 Å². The fraction of sp³-hybridized carbons (Fsp3) is 0.778. The highest BCUT2D eigenvalue weighted by atomic mass is 15.1. The Kier molecular flexibility index (Phi) is 2.79. The highest BCUT2D eigenvalue weighted by Gasteiger charge is 2.15. The Morgan fingerprint density at radius 1 is 1.60 bits per heavy atom. The predicted octanol–water partition coefficient (Wildman–Crippen LogP) is 2.39. The lowest BCUT2D eigenvalue weighted by Crippen LogP contribution is -2.19. The third kappa shape index (κ3) is 1.76. The highest BCUT2D eigenvalue weighted by molar-refractivity contribution is 4.88. The van der Waals surface area contributed by atoms with Crippen molar-refractivity contribution in [2.75, 3.05) is 6.54 Å². The minimum absolute atomic E-state index is 0.780. The highest BCUT2D eigenvalue weighted by Crippen LogP contribution is 2.16. The Balaban J connectivity index is 2.33. The molecule has 0 aliphatic carbocycles. The molecule has 1 fully saturated rings. The maximum absolute atomic E-state index is 2.43. The van der Waals surface area contributed by atoms with E-state index in [-0.39, 0.29) is 0 Å². The number of hydrogen-bond donors (Lipinski definition) is 0. The molecule has 0 bridgehead atoms. The maximum Gasteiger partial charge on any atom is 0.0256 e. The molecule has 1 aliphatic heterocycles. The van der Waals surface area contributed by atoms with E-state index in [9.17, 15) is 0 Å². The zero-order valence-electron chi connectivity index (χ0n) is 7.01. The monoisotopic (exact) mass is 139 g/mol. The number of likely N-dealkylation sites (tertiary alicyclic amines) is 1. The summed E-state index contributed by atoms with van der Waals surface area (Å²) in [7, 11) is 0. The van der Waals surface area contributed by atoms with Gasteiger partial charge in [0.1, 0.15) is 0 Å². The third-order valence-electron chi connectivity index (χ3n) is 2.14. The van der Waals surface area contributed by atoms with Gasteiger partial charge in [0.05, 0.1) is 0 Å². The Morgan fingerprint density at radius 2 is 2.40 bits per heavy atom. The molecule has 1 atom stereocenters. The molecule has 10 heavy (non-hydrogen) atoms. The molecule has 0 N–H and O–H groups in total. The first-order chi connectivity index (χ1) is 4.84. The maximum atomic E-state index is 2.43. The summed E-state index contributed by atoms with van der Waals surface area (Å²) < 4.78 is 0. The Hall–Kier alpha value is -0.460. The summed E-state index contributed by atoms with van der Waals surface area (Å²) >= 11 is 0. The van der Waals surface area contributed by atoms with Crippen LogP contribution in [0.3, 0.4) is 0 Å². The van der Waals surface area contributed by atoms with Gasteiger partial charge in [-0.25, -0.2) is 0 Å². The normalized spacial score (nSPS) is 26.6. The first-order valence-electron chi connectivity index (χ1n) is 4.27. The van der Waals surface area contributed by atoms with Gasteiger partial charge in [-0.1, -0.05) is 13.0 Å². The smallest absolute Gasteiger partial charge is 0.0256 e. The zero-order chi connectivity index (χ0) is 7.40. The second kappa shape index (κ2) is 3.65. The van der Waals surface area contributed by atoms with Gasteiger partial charge in [0, 0.05) is 12.6 Å². The molecule has 0 aromatic rings. The van der Waals surface area contributed by atoms with Crippen LogP contribution in [-0.2, 0) is 0 Å². The van der Waals surface area contributed by atoms with Crippen molar-refractivity contribution < 1.29 is 0 Å². The van der Waals surface area contributed by atoms with Crippen LogP contribution in [-0.4, -0.2) is 17.5 Å². The van der Waals surface area contributed by atoms with Crippen LogP contribution in [0, 0.1) is 0 Å². The SMILES string of the molecule is CCC=CN1CCCC1C. The summed E-state index contributed by atoms with van der Waals surface area (Å²) in [6.45, 7) is 5.74. The van der Waals surface area contributed by atoms with Crippen LogP contribution in [0.15, 0.2) is 12.3 Å². The molecule has 1 rings (SSSR count). The van der Waals surface area contributed by atoms with Crippen molar-refractivity contribution in [1.29, 1.82) is 0 Å². The van der Waals surface area contributed by atoms with E-state index in [1.807, 2.05) is 0 Å². The molecular formula is C9H17N. The van der Waals surface area contributed by atoms with Crippen LogP contribution >= 0.6 is 0 Å². The van der Waals surface area contributed by atoms with Gasteiger partial charge in [0.25, 0.3) is 0 Å². The second-order valence-corrected chi connectivity index (χ2v) is 3.02. The molecule has 1 saturated heterocycles. The minimum Gasteiger partial charge on any atom is -0.375 e. The zero-order valence-corrected chi connectivity index (χ0v) is 7.01. The minimum atomic E-state index is 0.780. The standard InChI is InChI=1S/C9H17N/c1-3-4-7-10-8-5-6-9(10)2/h4,7,9H,3,5-6,8H2,1-2H3. The van der Waals surface area contributed by atoms with E-state index >= 15 is 0 Å². The number of allylic oxidation sites excluding steroid dienone is 1. The first kappa shape index (κ1) is 7.64. The fourth-order valence-corrected chi connectivity index (χ4v) is 1.42. The Morgan fingerprint density at radius 3 is 2.90 bits per heavy atom. The van der Waals surface area contributed by atoms with Crippen LogP contribution < -0.4 is 0 Å². The van der Waals surface area contributed by atoms with E-state index < -0.39 is 0 Å². The van der Waals surface area contributed by atoms with E-state index in [4.69, 9.17) is 0 Å². The van der Waals surface area contributed by atoms with E-state index in [0.717, 1.165) is 12.5 Å². The Bertz CT molecular complexity index is 118. The van der Waals surface area contributed by atoms with Crippen molar-refractivity contribution in [2.24, 2.45) is 0 Å². The van der Waals surface area contributed by atoms with Gasteiger partial charge in [-0.05, 0) is 32.4 Å². The van der Waals surface area contributed by atoms with E-state index in [1.165, 1.54) is 19.4 Å². The molecule has 1 heteroatoms. The van der Waals surface area contributed by atoms with Crippen LogP contribution in [0.5, 0.6) is 0 Å². The lowest BCUT2D eigenvalue weighted by molar-refractivity contribution is 0.371. The molecule has 0 aromatic carbocycles. The molecule has 0 spiro atoms. The lowest BCUT2D eigenvalue weighted by atomic mass is 10.2. The largest absolute Gasteiger partial charge is 0.375 e. The van der Waals surface area contributed by atoms with Crippen molar-refractivity contribution in [2.45, 2.75) is 39.2 Å². The molecular weight excluding hydrogens is 122 g/mol. The number of nitrogens with zero attached hydrogens (tertiary/aromatic N) is 1. The van der Waals surface area contributed by atoms with Crippen LogP contribution in [0.25, 0.3) is 0 Å². The summed E-state index contributed by atoms with van der Waals surface area (Å²) in [5.41, 5.74) is 0. The quantitative estimate of drug-likeness (QED) is 0.568. The van der Waals surface area contributed by atoms with E-state index in [1.54, 1.807) is 0 Å². The predicted molar refractivity (Wildman–Crippen MR) is 44.8 cm³/mol. The molecule has 0 aromatic heterocycles. The van der Waals surface area contributed by atoms with Crippen molar-refractivity contribution >= 4 is 0 Å². The Labute approximate surface area is 63.7 Å². The van der Waals surface area contributed by atoms with Crippen molar-refractivity contribution in [1.82, 2.24) is 4.90 Å². The average molecular weight is 139 g/mol. The third-order valence-corrected chi connectivity index (χ3v) is 2.14. The number of hydrogen-bond acceptors (Lipinski definition) is 1. The van der Waals surface area contributed by atoms with E-state index in [2.05, 4.69) is 31.0 Å². The summed E-state index contributed by atoms with van der Waals surface area (Å²) in [5, 5.41) is 0. The van der Waals surface area contributed by atoms with E-state index in [0.29, 0.717) is 0 Å². The van der Waals surface area contributed by atoms with Crippen molar-refractivity contribution in [3.05, 3.63) is 12.3 Å².